The molecule has 3 heterocycles. The fraction of sp³-hybridized carbons (Fsp3) is 0.241. The van der Waals surface area contributed by atoms with Gasteiger partial charge in [0.15, 0.2) is 0 Å². The van der Waals surface area contributed by atoms with Crippen molar-refractivity contribution in [3.05, 3.63) is 104 Å². The first kappa shape index (κ1) is 25.6. The number of furan rings is 1. The Morgan fingerprint density at radius 3 is 2.76 bits per heavy atom. The lowest BCUT2D eigenvalue weighted by atomic mass is 10.0. The van der Waals surface area contributed by atoms with E-state index in [0.717, 1.165) is 47.6 Å². The Hall–Kier alpha value is -4.08. The first-order valence-electron chi connectivity index (χ1n) is 12.4. The van der Waals surface area contributed by atoms with Crippen LogP contribution in [-0.4, -0.2) is 35.2 Å². The molecule has 0 fully saturated rings. The highest BCUT2D eigenvalue weighted by molar-refractivity contribution is 7.16. The molecule has 0 saturated heterocycles. The summed E-state index contributed by atoms with van der Waals surface area (Å²) in [6.07, 6.45) is 2.36. The Bertz CT molecular complexity index is 1510. The zero-order valence-electron chi connectivity index (χ0n) is 21.2. The van der Waals surface area contributed by atoms with Crippen LogP contribution in [0.15, 0.2) is 70.1 Å². The second kappa shape index (κ2) is 11.1. The molecule has 0 atom stereocenters. The molecule has 2 aromatic heterocycles. The minimum absolute atomic E-state index is 0.0371. The fourth-order valence-electron chi connectivity index (χ4n) is 4.65. The summed E-state index contributed by atoms with van der Waals surface area (Å²) in [5, 5.41) is 11.7. The van der Waals surface area contributed by atoms with Gasteiger partial charge < -0.3 is 9.15 Å². The first-order chi connectivity index (χ1) is 18.4. The van der Waals surface area contributed by atoms with Gasteiger partial charge in [-0.2, -0.15) is 0 Å². The minimum atomic E-state index is -0.417. The smallest absolute Gasteiger partial charge is 0.341 e. The van der Waals surface area contributed by atoms with Crippen LogP contribution in [-0.2, 0) is 24.2 Å². The Morgan fingerprint density at radius 2 is 2.03 bits per heavy atom. The van der Waals surface area contributed by atoms with Crippen molar-refractivity contribution in [1.82, 2.24) is 4.90 Å². The van der Waals surface area contributed by atoms with Gasteiger partial charge in [0, 0.05) is 42.2 Å². The topological polar surface area (TPSA) is 98.2 Å². The maximum atomic E-state index is 12.9. The lowest BCUT2D eigenvalue weighted by molar-refractivity contribution is -0.384. The van der Waals surface area contributed by atoms with Crippen LogP contribution in [0, 0.1) is 17.0 Å². The number of nitro benzene ring substituents is 1. The van der Waals surface area contributed by atoms with E-state index >= 15 is 0 Å². The van der Waals surface area contributed by atoms with Gasteiger partial charge in [-0.3, -0.25) is 15.0 Å². The summed E-state index contributed by atoms with van der Waals surface area (Å²) in [5.41, 5.74) is 4.37. The van der Waals surface area contributed by atoms with Crippen LogP contribution in [0.3, 0.4) is 0 Å². The SMILES string of the molecule is CCOC(=O)c1c(N=Cc2ccc(-c3ccc([N+](=O)[O-])cc3C)o2)sc2c1CCN(Cc1ccccc1)C2. The number of ether oxygens (including phenoxy) is 1. The maximum Gasteiger partial charge on any atom is 0.341 e. The van der Waals surface area contributed by atoms with E-state index in [2.05, 4.69) is 22.0 Å². The molecule has 1 aliphatic rings. The van der Waals surface area contributed by atoms with Crippen molar-refractivity contribution in [2.24, 2.45) is 4.99 Å². The molecule has 38 heavy (non-hydrogen) atoms. The predicted molar refractivity (Wildman–Crippen MR) is 147 cm³/mol. The van der Waals surface area contributed by atoms with Crippen LogP contribution >= 0.6 is 11.3 Å². The van der Waals surface area contributed by atoms with E-state index in [0.29, 0.717) is 28.7 Å². The number of hydrogen-bond acceptors (Lipinski definition) is 8. The van der Waals surface area contributed by atoms with Crippen LogP contribution in [0.5, 0.6) is 0 Å². The minimum Gasteiger partial charge on any atom is -0.462 e. The third-order valence-corrected chi connectivity index (χ3v) is 7.59. The zero-order valence-corrected chi connectivity index (χ0v) is 22.0. The Morgan fingerprint density at radius 1 is 1.21 bits per heavy atom. The molecule has 9 heteroatoms. The number of thiophene rings is 1. The number of non-ortho nitro benzene ring substituents is 1. The summed E-state index contributed by atoms with van der Waals surface area (Å²) >= 11 is 1.51. The van der Waals surface area contributed by atoms with Crippen molar-refractivity contribution in [3.63, 3.8) is 0 Å². The van der Waals surface area contributed by atoms with Crippen molar-refractivity contribution in [2.75, 3.05) is 13.2 Å². The second-order valence-corrected chi connectivity index (χ2v) is 10.2. The number of esters is 1. The monoisotopic (exact) mass is 529 g/mol. The highest BCUT2D eigenvalue weighted by atomic mass is 32.1. The molecule has 0 aliphatic carbocycles. The van der Waals surface area contributed by atoms with Gasteiger partial charge in [0.05, 0.1) is 23.3 Å². The Kier molecular flexibility index (Phi) is 7.48. The molecule has 194 valence electrons. The molecule has 0 spiro atoms. The van der Waals surface area contributed by atoms with Gasteiger partial charge >= 0.3 is 5.97 Å². The molecule has 1 aliphatic heterocycles. The zero-order chi connectivity index (χ0) is 26.6. The highest BCUT2D eigenvalue weighted by Gasteiger charge is 2.28. The summed E-state index contributed by atoms with van der Waals surface area (Å²) in [7, 11) is 0. The summed E-state index contributed by atoms with van der Waals surface area (Å²) in [5.74, 6) is 0.756. The quantitative estimate of drug-likeness (QED) is 0.109. The third kappa shape index (κ3) is 5.44. The maximum absolute atomic E-state index is 12.9. The molecule has 0 radical (unpaired) electrons. The van der Waals surface area contributed by atoms with E-state index in [4.69, 9.17) is 9.15 Å². The van der Waals surface area contributed by atoms with Gasteiger partial charge in [-0.1, -0.05) is 30.3 Å². The van der Waals surface area contributed by atoms with Crippen LogP contribution in [0.25, 0.3) is 11.3 Å². The van der Waals surface area contributed by atoms with E-state index in [-0.39, 0.29) is 11.7 Å². The van der Waals surface area contributed by atoms with Crippen molar-refractivity contribution < 1.29 is 18.9 Å². The molecule has 0 unspecified atom stereocenters. The predicted octanol–water partition coefficient (Wildman–Crippen LogP) is 6.71. The van der Waals surface area contributed by atoms with E-state index in [9.17, 15) is 14.9 Å². The molecule has 0 amide bonds. The van der Waals surface area contributed by atoms with Gasteiger partial charge in [0.1, 0.15) is 16.5 Å². The number of carbonyl (C=O) groups is 1. The van der Waals surface area contributed by atoms with Crippen LogP contribution in [0.2, 0.25) is 0 Å². The van der Waals surface area contributed by atoms with Gasteiger partial charge in [-0.15, -0.1) is 11.3 Å². The largest absolute Gasteiger partial charge is 0.462 e. The molecule has 4 aromatic rings. The highest BCUT2D eigenvalue weighted by Crippen LogP contribution is 2.40. The summed E-state index contributed by atoms with van der Waals surface area (Å²) in [4.78, 5) is 31.7. The summed E-state index contributed by atoms with van der Waals surface area (Å²) in [6, 6.07) is 18.6. The lowest BCUT2D eigenvalue weighted by Gasteiger charge is -2.27. The van der Waals surface area contributed by atoms with E-state index < -0.39 is 4.92 Å². The van der Waals surface area contributed by atoms with Crippen molar-refractivity contribution >= 4 is 34.2 Å². The fourth-order valence-corrected chi connectivity index (χ4v) is 5.87. The average Bonchev–Trinajstić information content (AvgIpc) is 3.52. The van der Waals surface area contributed by atoms with E-state index in [1.807, 2.05) is 31.2 Å². The number of aliphatic imine (C=N–C) groups is 1. The van der Waals surface area contributed by atoms with E-state index in [1.54, 1.807) is 25.3 Å². The number of hydrogen-bond donors (Lipinski definition) is 0. The van der Waals surface area contributed by atoms with Crippen LogP contribution in [0.1, 0.15) is 44.6 Å². The summed E-state index contributed by atoms with van der Waals surface area (Å²) < 4.78 is 11.3. The van der Waals surface area contributed by atoms with E-state index in [1.165, 1.54) is 29.0 Å². The summed E-state index contributed by atoms with van der Waals surface area (Å²) in [6.45, 7) is 6.35. The first-order valence-corrected chi connectivity index (χ1v) is 13.2. The number of nitrogens with zero attached hydrogens (tertiary/aromatic N) is 3. The van der Waals surface area contributed by atoms with Crippen molar-refractivity contribution in [1.29, 1.82) is 0 Å². The molecule has 0 N–H and O–H groups in total. The molecule has 0 bridgehead atoms. The molecule has 8 nitrogen and oxygen atoms in total. The third-order valence-electron chi connectivity index (χ3n) is 6.47. The normalized spacial score (nSPS) is 13.5. The second-order valence-electron chi connectivity index (χ2n) is 9.07. The number of fused-ring (bicyclic) bond motifs is 1. The number of benzene rings is 2. The molecular weight excluding hydrogens is 502 g/mol. The Balaban J connectivity index is 1.39. The van der Waals surface area contributed by atoms with Gasteiger partial charge in [-0.05, 0) is 55.2 Å². The number of carbonyl (C=O) groups excluding carboxylic acids is 1. The van der Waals surface area contributed by atoms with Crippen molar-refractivity contribution in [3.8, 4) is 11.3 Å². The number of aryl methyl sites for hydroxylation is 1. The van der Waals surface area contributed by atoms with Crippen LogP contribution < -0.4 is 0 Å². The van der Waals surface area contributed by atoms with Gasteiger partial charge in [-0.25, -0.2) is 9.79 Å². The van der Waals surface area contributed by atoms with Crippen molar-refractivity contribution in [2.45, 2.75) is 33.4 Å². The average molecular weight is 530 g/mol. The molecular formula is C29H27N3O5S. The Labute approximate surface area is 224 Å². The number of rotatable bonds is 8. The molecule has 2 aromatic carbocycles. The lowest BCUT2D eigenvalue weighted by Crippen LogP contribution is -2.29. The van der Waals surface area contributed by atoms with Gasteiger partial charge in [0.2, 0.25) is 0 Å². The molecule has 5 rings (SSSR count). The van der Waals surface area contributed by atoms with Gasteiger partial charge in [0.25, 0.3) is 5.69 Å². The van der Waals surface area contributed by atoms with Crippen LogP contribution in [0.4, 0.5) is 10.7 Å². The standard InChI is InChI=1S/C29H27N3O5S/c1-3-36-29(33)27-24-13-14-31(17-20-7-5-4-6-8-20)18-26(24)38-28(27)30-16-22-10-12-25(37-22)23-11-9-21(32(34)35)15-19(23)2/h4-12,15-16H,3,13-14,17-18H2,1-2H3. The molecule has 0 saturated carbocycles. The number of nitro groups is 1.